The summed E-state index contributed by atoms with van der Waals surface area (Å²) in [5, 5.41) is 0. The van der Waals surface area contributed by atoms with Gasteiger partial charge in [0.15, 0.2) is 0 Å². The zero-order valence-corrected chi connectivity index (χ0v) is 12.3. The molecule has 19 heavy (non-hydrogen) atoms. The lowest BCUT2D eigenvalue weighted by Gasteiger charge is -2.37. The van der Waals surface area contributed by atoms with Crippen molar-refractivity contribution in [2.75, 3.05) is 24.6 Å². The van der Waals surface area contributed by atoms with Crippen molar-refractivity contribution in [1.29, 1.82) is 0 Å². The lowest BCUT2D eigenvalue weighted by molar-refractivity contribution is 0.0276. The van der Waals surface area contributed by atoms with E-state index in [2.05, 4.69) is 36.7 Å². The van der Waals surface area contributed by atoms with Gasteiger partial charge in [0, 0.05) is 24.5 Å². The molecule has 0 saturated carbocycles. The molecule has 1 aromatic rings. The summed E-state index contributed by atoms with van der Waals surface area (Å²) in [6.07, 6.45) is 0.0720. The SMILES string of the molecule is Cc1cc(C(C)C)nc(N2CC(CN)OCC2C)n1. The van der Waals surface area contributed by atoms with E-state index in [1.54, 1.807) is 0 Å². The Kier molecular flexibility index (Phi) is 4.37. The van der Waals surface area contributed by atoms with Gasteiger partial charge in [-0.2, -0.15) is 0 Å². The molecule has 2 unspecified atom stereocenters. The predicted molar refractivity (Wildman–Crippen MR) is 76.5 cm³/mol. The normalized spacial score (nSPS) is 24.0. The molecule has 1 aliphatic heterocycles. The van der Waals surface area contributed by atoms with Crippen molar-refractivity contribution >= 4 is 5.95 Å². The molecular formula is C14H24N4O. The summed E-state index contributed by atoms with van der Waals surface area (Å²) in [4.78, 5) is 11.5. The van der Waals surface area contributed by atoms with Crippen molar-refractivity contribution < 1.29 is 4.74 Å². The minimum atomic E-state index is 0.0720. The molecule has 1 saturated heterocycles. The molecule has 1 aromatic heterocycles. The average molecular weight is 264 g/mol. The Labute approximate surface area is 115 Å². The number of aryl methyl sites for hydroxylation is 1. The maximum Gasteiger partial charge on any atom is 0.226 e. The highest BCUT2D eigenvalue weighted by atomic mass is 16.5. The third-order valence-corrected chi connectivity index (χ3v) is 3.48. The van der Waals surface area contributed by atoms with Gasteiger partial charge >= 0.3 is 0 Å². The summed E-state index contributed by atoms with van der Waals surface area (Å²) in [6.45, 7) is 10.4. The first-order valence-electron chi connectivity index (χ1n) is 6.95. The molecule has 5 heteroatoms. The van der Waals surface area contributed by atoms with Crippen LogP contribution in [-0.2, 0) is 4.74 Å². The van der Waals surface area contributed by atoms with E-state index in [1.165, 1.54) is 0 Å². The maximum atomic E-state index is 5.70. The van der Waals surface area contributed by atoms with E-state index in [0.29, 0.717) is 19.1 Å². The van der Waals surface area contributed by atoms with E-state index < -0.39 is 0 Å². The van der Waals surface area contributed by atoms with Crippen LogP contribution in [0.5, 0.6) is 0 Å². The van der Waals surface area contributed by atoms with Crippen molar-refractivity contribution in [2.24, 2.45) is 5.73 Å². The van der Waals surface area contributed by atoms with Gasteiger partial charge in [-0.05, 0) is 25.8 Å². The minimum Gasteiger partial charge on any atom is -0.373 e. The fourth-order valence-electron chi connectivity index (χ4n) is 2.24. The smallest absolute Gasteiger partial charge is 0.226 e. The molecule has 5 nitrogen and oxygen atoms in total. The lowest BCUT2D eigenvalue weighted by Crippen LogP contribution is -2.51. The molecular weight excluding hydrogens is 240 g/mol. The van der Waals surface area contributed by atoms with E-state index in [0.717, 1.165) is 23.9 Å². The summed E-state index contributed by atoms with van der Waals surface area (Å²) in [5.74, 6) is 1.21. The van der Waals surface area contributed by atoms with Crippen LogP contribution in [0.3, 0.4) is 0 Å². The quantitative estimate of drug-likeness (QED) is 0.895. The molecule has 0 bridgehead atoms. The fourth-order valence-corrected chi connectivity index (χ4v) is 2.24. The van der Waals surface area contributed by atoms with Crippen molar-refractivity contribution in [2.45, 2.75) is 45.8 Å². The number of ether oxygens (including phenoxy) is 1. The van der Waals surface area contributed by atoms with Crippen LogP contribution in [0.4, 0.5) is 5.95 Å². The summed E-state index contributed by atoms with van der Waals surface area (Å²) in [5.41, 5.74) is 7.80. The van der Waals surface area contributed by atoms with Gasteiger partial charge < -0.3 is 15.4 Å². The Morgan fingerprint density at radius 3 is 2.84 bits per heavy atom. The van der Waals surface area contributed by atoms with Crippen molar-refractivity contribution in [1.82, 2.24) is 9.97 Å². The third-order valence-electron chi connectivity index (χ3n) is 3.48. The summed E-state index contributed by atoms with van der Waals surface area (Å²) in [7, 11) is 0. The highest BCUT2D eigenvalue weighted by Gasteiger charge is 2.27. The van der Waals surface area contributed by atoms with Gasteiger partial charge in [0.2, 0.25) is 5.95 Å². The molecule has 1 fully saturated rings. The number of nitrogens with zero attached hydrogens (tertiary/aromatic N) is 3. The molecule has 0 amide bonds. The van der Waals surface area contributed by atoms with Crippen molar-refractivity contribution in [3.63, 3.8) is 0 Å². The van der Waals surface area contributed by atoms with Crippen molar-refractivity contribution in [3.05, 3.63) is 17.5 Å². The molecule has 0 radical (unpaired) electrons. The molecule has 2 rings (SSSR count). The number of morpholine rings is 1. The van der Waals surface area contributed by atoms with Crippen LogP contribution in [0.1, 0.15) is 38.1 Å². The topological polar surface area (TPSA) is 64.3 Å². The van der Waals surface area contributed by atoms with E-state index >= 15 is 0 Å². The van der Waals surface area contributed by atoms with Gasteiger partial charge in [-0.25, -0.2) is 9.97 Å². The third kappa shape index (κ3) is 3.22. The maximum absolute atomic E-state index is 5.70. The van der Waals surface area contributed by atoms with Crippen LogP contribution >= 0.6 is 0 Å². The van der Waals surface area contributed by atoms with E-state index in [-0.39, 0.29) is 12.1 Å². The highest BCUT2D eigenvalue weighted by molar-refractivity contribution is 5.35. The summed E-state index contributed by atoms with van der Waals surface area (Å²) >= 11 is 0. The van der Waals surface area contributed by atoms with Crippen LogP contribution < -0.4 is 10.6 Å². The second-order valence-electron chi connectivity index (χ2n) is 5.58. The van der Waals surface area contributed by atoms with Gasteiger partial charge in [-0.1, -0.05) is 13.8 Å². The molecule has 0 aliphatic carbocycles. The van der Waals surface area contributed by atoms with Crippen LogP contribution in [-0.4, -0.2) is 41.8 Å². The number of aromatic nitrogens is 2. The van der Waals surface area contributed by atoms with Crippen LogP contribution in [0.15, 0.2) is 6.07 Å². The second-order valence-corrected chi connectivity index (χ2v) is 5.58. The Balaban J connectivity index is 2.28. The first-order chi connectivity index (χ1) is 9.01. The minimum absolute atomic E-state index is 0.0720. The first kappa shape index (κ1) is 14.2. The van der Waals surface area contributed by atoms with Gasteiger partial charge in [0.1, 0.15) is 0 Å². The van der Waals surface area contributed by atoms with Crippen LogP contribution in [0.2, 0.25) is 0 Å². The Morgan fingerprint density at radius 1 is 1.47 bits per heavy atom. The summed E-state index contributed by atoms with van der Waals surface area (Å²) < 4.78 is 5.68. The average Bonchev–Trinajstić information content (AvgIpc) is 2.38. The molecule has 0 aromatic carbocycles. The van der Waals surface area contributed by atoms with Gasteiger partial charge in [-0.15, -0.1) is 0 Å². The Hall–Kier alpha value is -1.20. The lowest BCUT2D eigenvalue weighted by atomic mass is 10.1. The first-order valence-corrected chi connectivity index (χ1v) is 6.95. The molecule has 106 valence electrons. The van der Waals surface area contributed by atoms with E-state index in [4.69, 9.17) is 15.5 Å². The van der Waals surface area contributed by atoms with Gasteiger partial charge in [0.05, 0.1) is 18.8 Å². The molecule has 2 N–H and O–H groups in total. The standard InChI is InChI=1S/C14H24N4O/c1-9(2)13-5-10(3)16-14(17-13)18-7-12(6-15)19-8-11(18)4/h5,9,11-12H,6-8,15H2,1-4H3. The highest BCUT2D eigenvalue weighted by Crippen LogP contribution is 2.21. The van der Waals surface area contributed by atoms with Gasteiger partial charge in [0.25, 0.3) is 0 Å². The fraction of sp³-hybridized carbons (Fsp3) is 0.714. The zero-order valence-electron chi connectivity index (χ0n) is 12.3. The van der Waals surface area contributed by atoms with Gasteiger partial charge in [-0.3, -0.25) is 0 Å². The second kappa shape index (κ2) is 5.84. The number of hydrogen-bond donors (Lipinski definition) is 1. The monoisotopic (exact) mass is 264 g/mol. The number of nitrogens with two attached hydrogens (primary N) is 1. The molecule has 2 heterocycles. The largest absolute Gasteiger partial charge is 0.373 e. The van der Waals surface area contributed by atoms with Crippen LogP contribution in [0, 0.1) is 6.92 Å². The van der Waals surface area contributed by atoms with Crippen LogP contribution in [0.25, 0.3) is 0 Å². The number of rotatable bonds is 3. The molecule has 0 spiro atoms. The van der Waals surface area contributed by atoms with E-state index in [1.807, 2.05) is 6.92 Å². The molecule has 2 atom stereocenters. The Morgan fingerprint density at radius 2 is 2.21 bits per heavy atom. The zero-order chi connectivity index (χ0) is 14.0. The summed E-state index contributed by atoms with van der Waals surface area (Å²) in [6, 6.07) is 2.34. The Bertz CT molecular complexity index is 435. The number of hydrogen-bond acceptors (Lipinski definition) is 5. The van der Waals surface area contributed by atoms with Crippen molar-refractivity contribution in [3.8, 4) is 0 Å². The number of anilines is 1. The predicted octanol–water partition coefficient (Wildman–Crippen LogP) is 1.46. The molecule has 1 aliphatic rings. The van der Waals surface area contributed by atoms with E-state index in [9.17, 15) is 0 Å².